The molecule has 0 aliphatic carbocycles. The summed E-state index contributed by atoms with van der Waals surface area (Å²) in [5.74, 6) is 0.307. The van der Waals surface area contributed by atoms with E-state index in [1.807, 2.05) is 24.3 Å². The van der Waals surface area contributed by atoms with Gasteiger partial charge in [-0.1, -0.05) is 97.7 Å². The Labute approximate surface area is 203 Å². The number of benzene rings is 3. The van der Waals surface area contributed by atoms with Gasteiger partial charge in [-0.2, -0.15) is 0 Å². The smallest absolute Gasteiger partial charge is 0.222 e. The molecule has 1 amide bonds. The Bertz CT molecular complexity index is 1040. The molecular weight excluding hydrogens is 428 g/mol. The van der Waals surface area contributed by atoms with Crippen molar-refractivity contribution < 1.29 is 4.79 Å². The molecule has 0 radical (unpaired) electrons. The minimum atomic E-state index is 0.216. The van der Waals surface area contributed by atoms with E-state index in [9.17, 15) is 4.79 Å². The fourth-order valence-electron chi connectivity index (χ4n) is 4.67. The van der Waals surface area contributed by atoms with Crippen LogP contribution in [-0.4, -0.2) is 41.4 Å². The van der Waals surface area contributed by atoms with Crippen molar-refractivity contribution in [2.45, 2.75) is 45.2 Å². The van der Waals surface area contributed by atoms with E-state index < -0.39 is 0 Å². The summed E-state index contributed by atoms with van der Waals surface area (Å²) >= 11 is 6.37. The summed E-state index contributed by atoms with van der Waals surface area (Å²) in [6.07, 6.45) is 3.58. The molecule has 33 heavy (non-hydrogen) atoms. The van der Waals surface area contributed by atoms with E-state index in [-0.39, 0.29) is 6.04 Å². The normalized spacial score (nSPS) is 16.7. The Morgan fingerprint density at radius 3 is 2.36 bits per heavy atom. The van der Waals surface area contributed by atoms with Gasteiger partial charge in [0.25, 0.3) is 0 Å². The zero-order valence-electron chi connectivity index (χ0n) is 19.4. The maximum atomic E-state index is 12.9. The van der Waals surface area contributed by atoms with Crippen LogP contribution >= 0.6 is 11.6 Å². The van der Waals surface area contributed by atoms with Crippen molar-refractivity contribution in [3.05, 3.63) is 95.0 Å². The second-order valence-corrected chi connectivity index (χ2v) is 9.35. The molecular formula is C29H33ClN2O. The lowest BCUT2D eigenvalue weighted by Gasteiger charge is -2.42. The summed E-state index contributed by atoms with van der Waals surface area (Å²) in [4.78, 5) is 17.5. The van der Waals surface area contributed by atoms with E-state index in [1.165, 1.54) is 11.1 Å². The van der Waals surface area contributed by atoms with Crippen LogP contribution in [-0.2, 0) is 17.8 Å². The molecule has 1 saturated heterocycles. The molecule has 0 unspecified atom stereocenters. The van der Waals surface area contributed by atoms with Crippen LogP contribution in [0.15, 0.2) is 78.9 Å². The Morgan fingerprint density at radius 1 is 0.909 bits per heavy atom. The van der Waals surface area contributed by atoms with Crippen LogP contribution < -0.4 is 0 Å². The molecule has 3 aromatic rings. The van der Waals surface area contributed by atoms with E-state index in [1.54, 1.807) is 0 Å². The van der Waals surface area contributed by atoms with E-state index >= 15 is 0 Å². The van der Waals surface area contributed by atoms with Gasteiger partial charge in [0.05, 0.1) is 0 Å². The predicted octanol–water partition coefficient (Wildman–Crippen LogP) is 6.45. The lowest BCUT2D eigenvalue weighted by molar-refractivity contribution is -0.136. The van der Waals surface area contributed by atoms with Crippen LogP contribution in [0, 0.1) is 0 Å². The van der Waals surface area contributed by atoms with Crippen LogP contribution in [0.3, 0.4) is 0 Å². The number of hydrogen-bond acceptors (Lipinski definition) is 2. The molecule has 4 heteroatoms. The van der Waals surface area contributed by atoms with Gasteiger partial charge in [0, 0.05) is 49.2 Å². The van der Waals surface area contributed by atoms with Crippen molar-refractivity contribution in [3.63, 3.8) is 0 Å². The van der Waals surface area contributed by atoms with Gasteiger partial charge >= 0.3 is 0 Å². The van der Waals surface area contributed by atoms with Gasteiger partial charge in [0.15, 0.2) is 0 Å². The molecule has 4 rings (SSSR count). The minimum Gasteiger partial charge on any atom is -0.337 e. The van der Waals surface area contributed by atoms with Gasteiger partial charge in [-0.15, -0.1) is 0 Å². The van der Waals surface area contributed by atoms with Gasteiger partial charge in [0.2, 0.25) is 5.91 Å². The first kappa shape index (κ1) is 23.5. The van der Waals surface area contributed by atoms with Crippen molar-refractivity contribution in [1.29, 1.82) is 0 Å². The van der Waals surface area contributed by atoms with E-state index in [4.69, 9.17) is 11.6 Å². The summed E-state index contributed by atoms with van der Waals surface area (Å²) in [5.41, 5.74) is 4.78. The lowest BCUT2D eigenvalue weighted by Crippen LogP contribution is -2.55. The van der Waals surface area contributed by atoms with Crippen LogP contribution in [0.4, 0.5) is 0 Å². The van der Waals surface area contributed by atoms with Crippen molar-refractivity contribution in [3.8, 4) is 11.1 Å². The Kier molecular flexibility index (Phi) is 8.20. The SMILES string of the molecule is CCCCC(=O)N1CCN(Cc2ccc(-c3ccccc3Cl)cc2)C[C@@H]1Cc1ccccc1. The number of rotatable bonds is 8. The molecule has 1 heterocycles. The summed E-state index contributed by atoms with van der Waals surface area (Å²) in [7, 11) is 0. The Hall–Kier alpha value is -2.62. The highest BCUT2D eigenvalue weighted by molar-refractivity contribution is 6.33. The minimum absolute atomic E-state index is 0.216. The maximum Gasteiger partial charge on any atom is 0.222 e. The molecule has 0 bridgehead atoms. The summed E-state index contributed by atoms with van der Waals surface area (Å²) in [6, 6.07) is 27.4. The molecule has 1 aliphatic heterocycles. The number of carbonyl (C=O) groups excluding carboxylic acids is 1. The second kappa shape index (κ2) is 11.5. The fourth-order valence-corrected chi connectivity index (χ4v) is 4.91. The third-order valence-electron chi connectivity index (χ3n) is 6.49. The van der Waals surface area contributed by atoms with Gasteiger partial charge in [-0.3, -0.25) is 9.69 Å². The zero-order valence-corrected chi connectivity index (χ0v) is 20.2. The van der Waals surface area contributed by atoms with Crippen LogP contribution in [0.5, 0.6) is 0 Å². The number of amides is 1. The van der Waals surface area contributed by atoms with E-state index in [0.717, 1.165) is 61.6 Å². The fraction of sp³-hybridized carbons (Fsp3) is 0.345. The number of hydrogen-bond donors (Lipinski definition) is 0. The van der Waals surface area contributed by atoms with Gasteiger partial charge in [-0.05, 0) is 35.6 Å². The number of carbonyl (C=O) groups is 1. The molecule has 1 fully saturated rings. The van der Waals surface area contributed by atoms with Crippen molar-refractivity contribution >= 4 is 17.5 Å². The maximum absolute atomic E-state index is 12.9. The average Bonchev–Trinajstić information content (AvgIpc) is 2.84. The molecule has 3 aromatic carbocycles. The zero-order chi connectivity index (χ0) is 23.0. The first-order valence-corrected chi connectivity index (χ1v) is 12.4. The van der Waals surface area contributed by atoms with Gasteiger partial charge in [0.1, 0.15) is 0 Å². The molecule has 3 nitrogen and oxygen atoms in total. The average molecular weight is 461 g/mol. The first-order valence-electron chi connectivity index (χ1n) is 12.0. The highest BCUT2D eigenvalue weighted by Gasteiger charge is 2.30. The summed E-state index contributed by atoms with van der Waals surface area (Å²) in [5, 5.41) is 0.776. The third-order valence-corrected chi connectivity index (χ3v) is 6.82. The Morgan fingerprint density at radius 2 is 1.64 bits per heavy atom. The first-order chi connectivity index (χ1) is 16.1. The molecule has 0 saturated carbocycles. The molecule has 172 valence electrons. The molecule has 0 spiro atoms. The Balaban J connectivity index is 1.44. The number of piperazine rings is 1. The molecule has 1 aliphatic rings. The summed E-state index contributed by atoms with van der Waals surface area (Å²) < 4.78 is 0. The third kappa shape index (κ3) is 6.25. The van der Waals surface area contributed by atoms with Crippen molar-refractivity contribution in [1.82, 2.24) is 9.80 Å². The quantitative estimate of drug-likeness (QED) is 0.385. The van der Waals surface area contributed by atoms with E-state index in [0.29, 0.717) is 12.3 Å². The monoisotopic (exact) mass is 460 g/mol. The highest BCUT2D eigenvalue weighted by Crippen LogP contribution is 2.28. The van der Waals surface area contributed by atoms with Crippen molar-refractivity contribution in [2.24, 2.45) is 0 Å². The number of nitrogens with zero attached hydrogens (tertiary/aromatic N) is 2. The number of unbranched alkanes of at least 4 members (excludes halogenated alkanes) is 1. The van der Waals surface area contributed by atoms with Gasteiger partial charge in [-0.25, -0.2) is 0 Å². The predicted molar refractivity (Wildman–Crippen MR) is 137 cm³/mol. The van der Waals surface area contributed by atoms with Crippen molar-refractivity contribution in [2.75, 3.05) is 19.6 Å². The van der Waals surface area contributed by atoms with Crippen LogP contribution in [0.2, 0.25) is 5.02 Å². The number of halogens is 1. The highest BCUT2D eigenvalue weighted by atomic mass is 35.5. The molecule has 0 aromatic heterocycles. The van der Waals surface area contributed by atoms with Crippen LogP contribution in [0.1, 0.15) is 37.3 Å². The topological polar surface area (TPSA) is 23.6 Å². The second-order valence-electron chi connectivity index (χ2n) is 8.95. The standard InChI is InChI=1S/C29H33ClN2O/c1-2-3-13-29(33)32-19-18-31(22-26(32)20-23-9-5-4-6-10-23)21-24-14-16-25(17-15-24)27-11-7-8-12-28(27)30/h4-12,14-17,26H,2-3,13,18-22H2,1H3/t26-/m0/s1. The van der Waals surface area contributed by atoms with Gasteiger partial charge < -0.3 is 4.90 Å². The molecule has 1 atom stereocenters. The largest absolute Gasteiger partial charge is 0.337 e. The van der Waals surface area contributed by atoms with E-state index in [2.05, 4.69) is 71.3 Å². The summed E-state index contributed by atoms with van der Waals surface area (Å²) in [6.45, 7) is 5.65. The van der Waals surface area contributed by atoms with Crippen LogP contribution in [0.25, 0.3) is 11.1 Å². The lowest BCUT2D eigenvalue weighted by atomic mass is 10.00. The molecule has 0 N–H and O–H groups in total.